The maximum Gasteiger partial charge on any atom is 1.00 e. The molecule has 0 aromatic heterocycles. The van der Waals surface area contributed by atoms with Gasteiger partial charge in [0, 0.05) is 0 Å². The smallest absolute Gasteiger partial charge is 0.675 e. The molecule has 0 amide bonds. The molecule has 1 rings (SSSR count). The van der Waals surface area contributed by atoms with Crippen molar-refractivity contribution in [2.75, 3.05) is 0 Å². The van der Waals surface area contributed by atoms with Crippen LogP contribution in [-0.4, -0.2) is 6.04 Å². The van der Waals surface area contributed by atoms with E-state index >= 15 is 0 Å². The van der Waals surface area contributed by atoms with Gasteiger partial charge in [0.25, 0.3) is 0 Å². The van der Waals surface area contributed by atoms with Crippen LogP contribution in [0.5, 0.6) is 0 Å². The molecular formula is C8H16AgN. The molecule has 1 aliphatic rings. The van der Waals surface area contributed by atoms with E-state index in [0.29, 0.717) is 0 Å². The Hall–Kier alpha value is 0.700. The molecule has 10 heavy (non-hydrogen) atoms. The second kappa shape index (κ2) is 5.36. The second-order valence-corrected chi connectivity index (χ2v) is 3.13. The van der Waals surface area contributed by atoms with Crippen LogP contribution in [0.4, 0.5) is 0 Å². The first-order valence-electron chi connectivity index (χ1n) is 4.04. The van der Waals surface area contributed by atoms with Crippen molar-refractivity contribution in [2.45, 2.75) is 45.1 Å². The van der Waals surface area contributed by atoms with Crippen LogP contribution < -0.4 is 0 Å². The summed E-state index contributed by atoms with van der Waals surface area (Å²) < 4.78 is 0. The molecular weight excluding hydrogens is 218 g/mol. The molecule has 0 radical (unpaired) electrons. The van der Waals surface area contributed by atoms with Crippen molar-refractivity contribution < 1.29 is 22.4 Å². The summed E-state index contributed by atoms with van der Waals surface area (Å²) in [5.41, 5.74) is 7.44. The van der Waals surface area contributed by atoms with E-state index in [1.165, 1.54) is 19.3 Å². The van der Waals surface area contributed by atoms with Crippen LogP contribution in [0, 0.1) is 5.92 Å². The summed E-state index contributed by atoms with van der Waals surface area (Å²) in [5.74, 6) is 0.951. The average molecular weight is 234 g/mol. The third kappa shape index (κ3) is 3.20. The van der Waals surface area contributed by atoms with Crippen molar-refractivity contribution in [2.24, 2.45) is 5.92 Å². The van der Waals surface area contributed by atoms with Crippen LogP contribution in [0.1, 0.15) is 39.0 Å². The molecule has 0 aromatic rings. The van der Waals surface area contributed by atoms with E-state index in [1.807, 2.05) is 0 Å². The Bertz CT molecular complexity index is 77.3. The maximum absolute atomic E-state index is 7.44. The molecule has 0 unspecified atom stereocenters. The monoisotopic (exact) mass is 233 g/mol. The summed E-state index contributed by atoms with van der Waals surface area (Å²) >= 11 is 0. The SMILES string of the molecule is CCC1CCC([NH-])CC1.[Ag+]. The van der Waals surface area contributed by atoms with Gasteiger partial charge in [-0.15, -0.1) is 6.04 Å². The first kappa shape index (κ1) is 10.7. The summed E-state index contributed by atoms with van der Waals surface area (Å²) in [6.07, 6.45) is 6.25. The minimum Gasteiger partial charge on any atom is -0.675 e. The Kier molecular flexibility index (Phi) is 5.74. The third-order valence-corrected chi connectivity index (χ3v) is 2.42. The van der Waals surface area contributed by atoms with Gasteiger partial charge in [0.05, 0.1) is 0 Å². The molecule has 1 fully saturated rings. The predicted octanol–water partition coefficient (Wildman–Crippen LogP) is 3.00. The molecule has 0 bridgehead atoms. The molecule has 0 spiro atoms. The Morgan fingerprint density at radius 3 is 2.10 bits per heavy atom. The average Bonchev–Trinajstić information content (AvgIpc) is 1.90. The zero-order chi connectivity index (χ0) is 6.69. The van der Waals surface area contributed by atoms with Gasteiger partial charge in [-0.1, -0.05) is 39.0 Å². The Labute approximate surface area is 79.3 Å². The summed E-state index contributed by atoms with van der Waals surface area (Å²) in [6.45, 7) is 2.26. The predicted molar refractivity (Wildman–Crippen MR) is 40.4 cm³/mol. The van der Waals surface area contributed by atoms with E-state index in [2.05, 4.69) is 6.92 Å². The topological polar surface area (TPSA) is 23.8 Å². The molecule has 0 heterocycles. The normalized spacial score (nSPS) is 33.0. The minimum atomic E-state index is 0. The number of hydrogen-bond donors (Lipinski definition) is 0. The van der Waals surface area contributed by atoms with Gasteiger partial charge in [0.15, 0.2) is 0 Å². The van der Waals surface area contributed by atoms with Gasteiger partial charge in [-0.25, -0.2) is 0 Å². The van der Waals surface area contributed by atoms with E-state index < -0.39 is 0 Å². The molecule has 0 saturated heterocycles. The zero-order valence-electron chi connectivity index (χ0n) is 6.49. The van der Waals surface area contributed by atoms with Gasteiger partial charge in [-0.05, 0) is 5.92 Å². The Balaban J connectivity index is 0.000000810. The number of nitrogens with one attached hydrogen (secondary N) is 1. The van der Waals surface area contributed by atoms with Crippen LogP contribution in [0.15, 0.2) is 0 Å². The van der Waals surface area contributed by atoms with Gasteiger partial charge in [0.1, 0.15) is 0 Å². The molecule has 2 heteroatoms. The van der Waals surface area contributed by atoms with Crippen molar-refractivity contribution in [1.29, 1.82) is 0 Å². The van der Waals surface area contributed by atoms with E-state index in [1.54, 1.807) is 0 Å². The molecule has 0 atom stereocenters. The fourth-order valence-corrected chi connectivity index (χ4v) is 1.57. The maximum atomic E-state index is 7.44. The minimum absolute atomic E-state index is 0. The van der Waals surface area contributed by atoms with Gasteiger partial charge in [-0.3, -0.25) is 0 Å². The zero-order valence-corrected chi connectivity index (χ0v) is 7.97. The molecule has 1 aliphatic carbocycles. The standard InChI is InChI=1S/C8H16N.Ag/c1-2-7-3-5-8(9)6-4-7;/h7-9H,2-6H2,1H3;/q-1;+1. The van der Waals surface area contributed by atoms with Gasteiger partial charge >= 0.3 is 22.4 Å². The van der Waals surface area contributed by atoms with Crippen LogP contribution in [0.3, 0.4) is 0 Å². The fraction of sp³-hybridized carbons (Fsp3) is 1.00. The summed E-state index contributed by atoms with van der Waals surface area (Å²) in [6, 6.07) is 0.271. The third-order valence-electron chi connectivity index (χ3n) is 2.42. The van der Waals surface area contributed by atoms with E-state index in [-0.39, 0.29) is 28.4 Å². The van der Waals surface area contributed by atoms with Crippen molar-refractivity contribution in [3.05, 3.63) is 5.73 Å². The molecule has 1 N–H and O–H groups in total. The van der Waals surface area contributed by atoms with Gasteiger partial charge in [0.2, 0.25) is 0 Å². The van der Waals surface area contributed by atoms with Crippen LogP contribution in [0.2, 0.25) is 0 Å². The Morgan fingerprint density at radius 2 is 1.70 bits per heavy atom. The summed E-state index contributed by atoms with van der Waals surface area (Å²) in [7, 11) is 0. The largest absolute Gasteiger partial charge is 1.00 e. The van der Waals surface area contributed by atoms with E-state index in [0.717, 1.165) is 18.8 Å². The van der Waals surface area contributed by atoms with Gasteiger partial charge < -0.3 is 5.73 Å². The van der Waals surface area contributed by atoms with Crippen LogP contribution >= 0.6 is 0 Å². The number of hydrogen-bond acceptors (Lipinski definition) is 0. The summed E-state index contributed by atoms with van der Waals surface area (Å²) in [4.78, 5) is 0. The molecule has 0 aliphatic heterocycles. The van der Waals surface area contributed by atoms with E-state index in [4.69, 9.17) is 5.73 Å². The van der Waals surface area contributed by atoms with Crippen LogP contribution in [-0.2, 0) is 22.4 Å². The second-order valence-electron chi connectivity index (χ2n) is 3.13. The first-order valence-corrected chi connectivity index (χ1v) is 4.04. The molecule has 1 nitrogen and oxygen atoms in total. The van der Waals surface area contributed by atoms with Crippen LogP contribution in [0.25, 0.3) is 5.73 Å². The molecule has 64 valence electrons. The van der Waals surface area contributed by atoms with Crippen molar-refractivity contribution in [3.63, 3.8) is 0 Å². The van der Waals surface area contributed by atoms with Crippen molar-refractivity contribution in [3.8, 4) is 0 Å². The van der Waals surface area contributed by atoms with Gasteiger partial charge in [-0.2, -0.15) is 0 Å². The quantitative estimate of drug-likeness (QED) is 0.623. The summed E-state index contributed by atoms with van der Waals surface area (Å²) in [5, 5.41) is 0. The fourth-order valence-electron chi connectivity index (χ4n) is 1.57. The van der Waals surface area contributed by atoms with Crippen molar-refractivity contribution in [1.82, 2.24) is 0 Å². The Morgan fingerprint density at radius 1 is 1.20 bits per heavy atom. The van der Waals surface area contributed by atoms with E-state index in [9.17, 15) is 0 Å². The molecule has 0 aromatic carbocycles. The number of rotatable bonds is 1. The van der Waals surface area contributed by atoms with Crippen molar-refractivity contribution >= 4 is 0 Å². The first-order chi connectivity index (χ1) is 4.33. The molecule has 1 saturated carbocycles.